The van der Waals surface area contributed by atoms with E-state index in [1.807, 2.05) is 26.1 Å². The van der Waals surface area contributed by atoms with Gasteiger partial charge in [0.15, 0.2) is 0 Å². The summed E-state index contributed by atoms with van der Waals surface area (Å²) in [5, 5.41) is 10.4. The number of hydrogen-bond donors (Lipinski definition) is 1. The van der Waals surface area contributed by atoms with Crippen molar-refractivity contribution in [3.05, 3.63) is 30.0 Å². The number of aliphatic hydroxyl groups excluding tert-OH is 1. The second-order valence-electron chi connectivity index (χ2n) is 4.13. The van der Waals surface area contributed by atoms with Gasteiger partial charge in [-0.1, -0.05) is 13.0 Å². The average Bonchev–Trinajstić information content (AvgIpc) is 2.66. The lowest BCUT2D eigenvalue weighted by molar-refractivity contribution is 0.273. The first kappa shape index (κ1) is 11.0. The van der Waals surface area contributed by atoms with Gasteiger partial charge in [-0.2, -0.15) is 0 Å². The van der Waals surface area contributed by atoms with Crippen molar-refractivity contribution >= 4 is 10.9 Å². The summed E-state index contributed by atoms with van der Waals surface area (Å²) in [6.07, 6.45) is 2.06. The molecule has 0 spiro atoms. The molecule has 0 amide bonds. The highest BCUT2D eigenvalue weighted by molar-refractivity contribution is 5.90. The topological polar surface area (TPSA) is 34.4 Å². The van der Waals surface area contributed by atoms with Gasteiger partial charge in [0.05, 0.1) is 12.6 Å². The normalized spacial score (nSPS) is 13.0. The van der Waals surface area contributed by atoms with Crippen molar-refractivity contribution in [2.45, 2.75) is 12.8 Å². The summed E-state index contributed by atoms with van der Waals surface area (Å²) in [5.41, 5.74) is 2.27. The van der Waals surface area contributed by atoms with Crippen molar-refractivity contribution in [1.29, 1.82) is 0 Å². The van der Waals surface area contributed by atoms with Gasteiger partial charge in [-0.25, -0.2) is 0 Å². The van der Waals surface area contributed by atoms with Gasteiger partial charge in [0.1, 0.15) is 5.75 Å². The van der Waals surface area contributed by atoms with Gasteiger partial charge in [-0.15, -0.1) is 0 Å². The molecule has 0 bridgehead atoms. The number of aryl methyl sites for hydroxylation is 1. The molecule has 3 nitrogen and oxygen atoms in total. The second-order valence-corrected chi connectivity index (χ2v) is 4.13. The molecule has 0 aliphatic rings. The number of ether oxygens (including phenoxy) is 1. The molecule has 1 unspecified atom stereocenters. The minimum absolute atomic E-state index is 0.125. The maximum atomic E-state index is 9.27. The van der Waals surface area contributed by atoms with Crippen LogP contribution in [0.2, 0.25) is 0 Å². The van der Waals surface area contributed by atoms with Gasteiger partial charge in [-0.3, -0.25) is 0 Å². The van der Waals surface area contributed by atoms with Crippen molar-refractivity contribution in [1.82, 2.24) is 4.57 Å². The monoisotopic (exact) mass is 219 g/mol. The Hall–Kier alpha value is -1.48. The fourth-order valence-electron chi connectivity index (χ4n) is 2.09. The van der Waals surface area contributed by atoms with Crippen LogP contribution in [0.25, 0.3) is 10.9 Å². The van der Waals surface area contributed by atoms with Crippen LogP contribution in [0.3, 0.4) is 0 Å². The molecule has 0 saturated carbocycles. The van der Waals surface area contributed by atoms with Crippen molar-refractivity contribution in [2.24, 2.45) is 7.05 Å². The Morgan fingerprint density at radius 3 is 2.81 bits per heavy atom. The molecule has 0 fully saturated rings. The SMILES string of the molecule is COc1cccc2c1c(C(C)CO)cn2C. The van der Waals surface area contributed by atoms with Crippen LogP contribution in [0, 0.1) is 0 Å². The smallest absolute Gasteiger partial charge is 0.128 e. The molecule has 86 valence electrons. The summed E-state index contributed by atoms with van der Waals surface area (Å²) in [6, 6.07) is 6.00. The third-order valence-electron chi connectivity index (χ3n) is 3.03. The molecule has 1 atom stereocenters. The quantitative estimate of drug-likeness (QED) is 0.859. The Labute approximate surface area is 95.3 Å². The number of methoxy groups -OCH3 is 1. The van der Waals surface area contributed by atoms with Gasteiger partial charge in [0.25, 0.3) is 0 Å². The second kappa shape index (κ2) is 4.18. The molecule has 1 aromatic carbocycles. The van der Waals surface area contributed by atoms with Crippen molar-refractivity contribution < 1.29 is 9.84 Å². The van der Waals surface area contributed by atoms with E-state index < -0.39 is 0 Å². The van der Waals surface area contributed by atoms with E-state index in [1.54, 1.807) is 7.11 Å². The first-order valence-corrected chi connectivity index (χ1v) is 5.41. The zero-order chi connectivity index (χ0) is 11.7. The predicted octanol–water partition coefficient (Wildman–Crippen LogP) is 2.28. The highest BCUT2D eigenvalue weighted by atomic mass is 16.5. The molecule has 3 heteroatoms. The Kier molecular flexibility index (Phi) is 2.88. The van der Waals surface area contributed by atoms with E-state index in [4.69, 9.17) is 4.74 Å². The van der Waals surface area contributed by atoms with Crippen LogP contribution in [0.5, 0.6) is 5.75 Å². The highest BCUT2D eigenvalue weighted by Gasteiger charge is 2.15. The summed E-state index contributed by atoms with van der Waals surface area (Å²) in [4.78, 5) is 0. The Balaban J connectivity index is 2.74. The van der Waals surface area contributed by atoms with Crippen LogP contribution in [-0.4, -0.2) is 23.4 Å². The number of aliphatic hydroxyl groups is 1. The standard InChI is InChI=1S/C13H17NO2/c1-9(8-15)10-7-14(2)11-5-4-6-12(16-3)13(10)11/h4-7,9,15H,8H2,1-3H3. The number of nitrogens with zero attached hydrogens (tertiary/aromatic N) is 1. The van der Waals surface area contributed by atoms with Crippen LogP contribution in [-0.2, 0) is 7.05 Å². The lowest BCUT2D eigenvalue weighted by Gasteiger charge is -2.08. The first-order chi connectivity index (χ1) is 7.69. The summed E-state index contributed by atoms with van der Waals surface area (Å²) in [6.45, 7) is 2.17. The molecular weight excluding hydrogens is 202 g/mol. The lowest BCUT2D eigenvalue weighted by atomic mass is 10.0. The van der Waals surface area contributed by atoms with E-state index in [1.165, 1.54) is 0 Å². The largest absolute Gasteiger partial charge is 0.496 e. The van der Waals surface area contributed by atoms with Crippen LogP contribution < -0.4 is 4.74 Å². The van der Waals surface area contributed by atoms with E-state index in [0.29, 0.717) is 0 Å². The summed E-state index contributed by atoms with van der Waals surface area (Å²) in [7, 11) is 3.69. The van der Waals surface area contributed by atoms with E-state index in [2.05, 4.69) is 16.8 Å². The Morgan fingerprint density at radius 2 is 2.19 bits per heavy atom. The molecule has 0 aliphatic carbocycles. The van der Waals surface area contributed by atoms with Crippen molar-refractivity contribution in [3.63, 3.8) is 0 Å². The predicted molar refractivity (Wildman–Crippen MR) is 65.0 cm³/mol. The molecular formula is C13H17NO2. The van der Waals surface area contributed by atoms with Gasteiger partial charge < -0.3 is 14.4 Å². The molecule has 1 heterocycles. The average molecular weight is 219 g/mol. The van der Waals surface area contributed by atoms with Crippen molar-refractivity contribution in [2.75, 3.05) is 13.7 Å². The molecule has 2 rings (SSSR count). The number of hydrogen-bond acceptors (Lipinski definition) is 2. The van der Waals surface area contributed by atoms with Crippen LogP contribution in [0.1, 0.15) is 18.4 Å². The van der Waals surface area contributed by atoms with E-state index in [-0.39, 0.29) is 12.5 Å². The Bertz CT molecular complexity index is 502. The van der Waals surface area contributed by atoms with Gasteiger partial charge in [-0.05, 0) is 17.7 Å². The van der Waals surface area contributed by atoms with E-state index in [0.717, 1.165) is 22.2 Å². The highest BCUT2D eigenvalue weighted by Crippen LogP contribution is 2.33. The summed E-state index contributed by atoms with van der Waals surface area (Å²) < 4.78 is 7.45. The number of rotatable bonds is 3. The number of fused-ring (bicyclic) bond motifs is 1. The fraction of sp³-hybridized carbons (Fsp3) is 0.385. The lowest BCUT2D eigenvalue weighted by Crippen LogP contribution is -1.98. The zero-order valence-electron chi connectivity index (χ0n) is 9.90. The minimum Gasteiger partial charge on any atom is -0.496 e. The molecule has 16 heavy (non-hydrogen) atoms. The summed E-state index contributed by atoms with van der Waals surface area (Å²) >= 11 is 0. The van der Waals surface area contributed by atoms with E-state index in [9.17, 15) is 5.11 Å². The van der Waals surface area contributed by atoms with E-state index >= 15 is 0 Å². The molecule has 0 radical (unpaired) electrons. The third-order valence-corrected chi connectivity index (χ3v) is 3.03. The van der Waals surface area contributed by atoms with Gasteiger partial charge in [0.2, 0.25) is 0 Å². The fourth-order valence-corrected chi connectivity index (χ4v) is 2.09. The number of benzene rings is 1. The van der Waals surface area contributed by atoms with Crippen LogP contribution >= 0.6 is 0 Å². The van der Waals surface area contributed by atoms with Crippen LogP contribution in [0.4, 0.5) is 0 Å². The van der Waals surface area contributed by atoms with Crippen molar-refractivity contribution in [3.8, 4) is 5.75 Å². The molecule has 0 aliphatic heterocycles. The molecule has 1 N–H and O–H groups in total. The minimum atomic E-state index is 0.125. The van der Waals surface area contributed by atoms with Gasteiger partial charge in [0, 0.05) is 31.2 Å². The third kappa shape index (κ3) is 1.57. The maximum absolute atomic E-state index is 9.27. The zero-order valence-corrected chi connectivity index (χ0v) is 9.90. The molecule has 0 saturated heterocycles. The molecule has 1 aromatic heterocycles. The number of aromatic nitrogens is 1. The maximum Gasteiger partial charge on any atom is 0.128 e. The summed E-state index contributed by atoms with van der Waals surface area (Å²) in [5.74, 6) is 0.994. The Morgan fingerprint density at radius 1 is 1.44 bits per heavy atom. The van der Waals surface area contributed by atoms with Gasteiger partial charge >= 0.3 is 0 Å². The first-order valence-electron chi connectivity index (χ1n) is 5.41. The molecule has 2 aromatic rings. The van der Waals surface area contributed by atoms with Crippen LogP contribution in [0.15, 0.2) is 24.4 Å².